The van der Waals surface area contributed by atoms with Crippen LogP contribution in [0.25, 0.3) is 0 Å². The van der Waals surface area contributed by atoms with Crippen LogP contribution in [0.2, 0.25) is 0 Å². The van der Waals surface area contributed by atoms with Crippen molar-refractivity contribution in [2.45, 2.75) is 13.5 Å². The first-order valence-corrected chi connectivity index (χ1v) is 7.09. The number of hydrogen-bond acceptors (Lipinski definition) is 3. The molecular weight excluding hydrogens is 269 g/mol. The van der Waals surface area contributed by atoms with Gasteiger partial charge >= 0.3 is 0 Å². The summed E-state index contributed by atoms with van der Waals surface area (Å²) >= 11 is 0. The van der Waals surface area contributed by atoms with Crippen molar-refractivity contribution in [1.29, 1.82) is 0 Å². The Morgan fingerprint density at radius 2 is 1.81 bits per heavy atom. The highest BCUT2D eigenvalue weighted by Crippen LogP contribution is 2.16. The van der Waals surface area contributed by atoms with Crippen LogP contribution in [0.5, 0.6) is 11.5 Å². The maximum Gasteiger partial charge on any atom is 0.165 e. The Hall–Kier alpha value is -2.07. The smallest absolute Gasteiger partial charge is 0.165 e. The van der Waals surface area contributed by atoms with Gasteiger partial charge in [0.1, 0.15) is 19.0 Å². The second-order valence-corrected chi connectivity index (χ2v) is 4.56. The van der Waals surface area contributed by atoms with Crippen molar-refractivity contribution in [1.82, 2.24) is 5.32 Å². The molecule has 4 heteroatoms. The molecule has 0 saturated carbocycles. The molecule has 2 rings (SSSR count). The van der Waals surface area contributed by atoms with E-state index >= 15 is 0 Å². The summed E-state index contributed by atoms with van der Waals surface area (Å²) in [7, 11) is 0. The Kier molecular flexibility index (Phi) is 6.03. The lowest BCUT2D eigenvalue weighted by Gasteiger charge is -2.10. The van der Waals surface area contributed by atoms with E-state index in [0.717, 1.165) is 18.8 Å². The molecule has 112 valence electrons. The van der Waals surface area contributed by atoms with Gasteiger partial charge < -0.3 is 14.8 Å². The van der Waals surface area contributed by atoms with Crippen LogP contribution in [0, 0.1) is 5.82 Å². The van der Waals surface area contributed by atoms with Crippen LogP contribution in [0.4, 0.5) is 4.39 Å². The van der Waals surface area contributed by atoms with E-state index in [1.807, 2.05) is 24.3 Å². The van der Waals surface area contributed by atoms with Gasteiger partial charge in [-0.3, -0.25) is 0 Å². The van der Waals surface area contributed by atoms with E-state index in [-0.39, 0.29) is 11.6 Å². The average molecular weight is 289 g/mol. The molecule has 0 aliphatic heterocycles. The largest absolute Gasteiger partial charge is 0.490 e. The summed E-state index contributed by atoms with van der Waals surface area (Å²) in [6, 6.07) is 14.3. The highest BCUT2D eigenvalue weighted by Gasteiger charge is 2.01. The highest BCUT2D eigenvalue weighted by atomic mass is 19.1. The minimum atomic E-state index is -0.356. The van der Waals surface area contributed by atoms with Gasteiger partial charge in [0.25, 0.3) is 0 Å². The first-order valence-electron chi connectivity index (χ1n) is 7.09. The second kappa shape index (κ2) is 8.27. The van der Waals surface area contributed by atoms with Crippen molar-refractivity contribution >= 4 is 0 Å². The van der Waals surface area contributed by atoms with Crippen LogP contribution in [0.1, 0.15) is 12.5 Å². The summed E-state index contributed by atoms with van der Waals surface area (Å²) in [5.74, 6) is 0.690. The molecule has 2 aromatic carbocycles. The fourth-order valence-corrected chi connectivity index (χ4v) is 1.89. The average Bonchev–Trinajstić information content (AvgIpc) is 2.51. The standard InChI is InChI=1S/C17H20FNO2/c1-2-19-13-14-6-5-7-15(12-14)20-10-11-21-17-9-4-3-8-16(17)18/h3-9,12,19H,2,10-11,13H2,1H3. The maximum atomic E-state index is 13.3. The third-order valence-electron chi connectivity index (χ3n) is 2.92. The summed E-state index contributed by atoms with van der Waals surface area (Å²) in [6.45, 7) is 4.50. The number of nitrogens with one attached hydrogen (secondary N) is 1. The van der Waals surface area contributed by atoms with Crippen LogP contribution < -0.4 is 14.8 Å². The Morgan fingerprint density at radius 1 is 1.00 bits per heavy atom. The first kappa shape index (κ1) is 15.3. The van der Waals surface area contributed by atoms with Crippen molar-refractivity contribution in [2.75, 3.05) is 19.8 Å². The fourth-order valence-electron chi connectivity index (χ4n) is 1.89. The zero-order chi connectivity index (χ0) is 14.9. The molecule has 0 atom stereocenters. The number of benzene rings is 2. The molecule has 0 aliphatic carbocycles. The molecule has 0 saturated heterocycles. The van der Waals surface area contributed by atoms with Crippen molar-refractivity contribution in [3.8, 4) is 11.5 Å². The third kappa shape index (κ3) is 5.08. The summed E-state index contributed by atoms with van der Waals surface area (Å²) in [5, 5.41) is 3.26. The molecule has 0 amide bonds. The summed E-state index contributed by atoms with van der Waals surface area (Å²) in [5.41, 5.74) is 1.17. The van der Waals surface area contributed by atoms with Gasteiger partial charge in [-0.25, -0.2) is 4.39 Å². The van der Waals surface area contributed by atoms with Crippen LogP contribution in [-0.2, 0) is 6.54 Å². The number of hydrogen-bond donors (Lipinski definition) is 1. The molecule has 0 unspecified atom stereocenters. The molecule has 0 aromatic heterocycles. The Balaban J connectivity index is 1.77. The number of ether oxygens (including phenoxy) is 2. The molecule has 21 heavy (non-hydrogen) atoms. The normalized spacial score (nSPS) is 10.4. The molecule has 0 heterocycles. The van der Waals surface area contributed by atoms with E-state index in [2.05, 4.69) is 12.2 Å². The van der Waals surface area contributed by atoms with Gasteiger partial charge in [0.2, 0.25) is 0 Å². The van der Waals surface area contributed by atoms with Crippen molar-refractivity contribution in [2.24, 2.45) is 0 Å². The van der Waals surface area contributed by atoms with E-state index in [9.17, 15) is 4.39 Å². The molecular formula is C17H20FNO2. The van der Waals surface area contributed by atoms with Crippen molar-refractivity contribution in [3.05, 3.63) is 59.9 Å². The van der Waals surface area contributed by atoms with E-state index in [4.69, 9.17) is 9.47 Å². The van der Waals surface area contributed by atoms with E-state index in [0.29, 0.717) is 13.2 Å². The lowest BCUT2D eigenvalue weighted by molar-refractivity contribution is 0.211. The third-order valence-corrected chi connectivity index (χ3v) is 2.92. The van der Waals surface area contributed by atoms with Gasteiger partial charge in [-0.2, -0.15) is 0 Å². The minimum Gasteiger partial charge on any atom is -0.490 e. The summed E-state index contributed by atoms with van der Waals surface area (Å²) in [6.07, 6.45) is 0. The van der Waals surface area contributed by atoms with Crippen LogP contribution >= 0.6 is 0 Å². The maximum absolute atomic E-state index is 13.3. The van der Waals surface area contributed by atoms with Gasteiger partial charge in [0.05, 0.1) is 0 Å². The van der Waals surface area contributed by atoms with Crippen LogP contribution in [0.15, 0.2) is 48.5 Å². The van der Waals surface area contributed by atoms with E-state index in [1.54, 1.807) is 18.2 Å². The van der Waals surface area contributed by atoms with Crippen LogP contribution in [0.3, 0.4) is 0 Å². The Bertz CT molecular complexity index is 560. The lowest BCUT2D eigenvalue weighted by atomic mass is 10.2. The summed E-state index contributed by atoms with van der Waals surface area (Å²) in [4.78, 5) is 0. The SMILES string of the molecule is CCNCc1cccc(OCCOc2ccccc2F)c1. The Morgan fingerprint density at radius 3 is 2.62 bits per heavy atom. The zero-order valence-electron chi connectivity index (χ0n) is 12.1. The van der Waals surface area contributed by atoms with E-state index in [1.165, 1.54) is 11.6 Å². The predicted molar refractivity (Wildman–Crippen MR) is 81.2 cm³/mol. The van der Waals surface area contributed by atoms with Gasteiger partial charge in [0.15, 0.2) is 11.6 Å². The molecule has 0 radical (unpaired) electrons. The fraction of sp³-hybridized carbons (Fsp3) is 0.294. The highest BCUT2D eigenvalue weighted by molar-refractivity contribution is 5.28. The molecule has 0 bridgehead atoms. The van der Waals surface area contributed by atoms with Crippen molar-refractivity contribution in [3.63, 3.8) is 0 Å². The molecule has 2 aromatic rings. The number of para-hydroxylation sites is 1. The monoisotopic (exact) mass is 289 g/mol. The summed E-state index contributed by atoms with van der Waals surface area (Å²) < 4.78 is 24.3. The molecule has 1 N–H and O–H groups in total. The quantitative estimate of drug-likeness (QED) is 0.756. The molecule has 0 aliphatic rings. The zero-order valence-corrected chi connectivity index (χ0v) is 12.1. The van der Waals surface area contributed by atoms with Crippen molar-refractivity contribution < 1.29 is 13.9 Å². The Labute approximate surface area is 124 Å². The second-order valence-electron chi connectivity index (χ2n) is 4.56. The molecule has 3 nitrogen and oxygen atoms in total. The molecule has 0 fully saturated rings. The molecule has 0 spiro atoms. The van der Waals surface area contributed by atoms with E-state index < -0.39 is 0 Å². The number of halogens is 1. The number of rotatable bonds is 8. The van der Waals surface area contributed by atoms with Gasteiger partial charge in [-0.1, -0.05) is 31.2 Å². The predicted octanol–water partition coefficient (Wildman–Crippen LogP) is 3.39. The van der Waals surface area contributed by atoms with Gasteiger partial charge in [-0.05, 0) is 36.4 Å². The van der Waals surface area contributed by atoms with Gasteiger partial charge in [0, 0.05) is 6.54 Å². The van der Waals surface area contributed by atoms with Crippen LogP contribution in [-0.4, -0.2) is 19.8 Å². The first-order chi connectivity index (χ1) is 10.3. The minimum absolute atomic E-state index is 0.252. The van der Waals surface area contributed by atoms with Gasteiger partial charge in [-0.15, -0.1) is 0 Å². The topological polar surface area (TPSA) is 30.5 Å². The lowest BCUT2D eigenvalue weighted by Crippen LogP contribution is -2.12.